The van der Waals surface area contributed by atoms with Gasteiger partial charge < -0.3 is 5.32 Å². The number of aryl methyl sites for hydroxylation is 1. The van der Waals surface area contributed by atoms with Crippen LogP contribution in [0.5, 0.6) is 0 Å². The van der Waals surface area contributed by atoms with Gasteiger partial charge >= 0.3 is 0 Å². The van der Waals surface area contributed by atoms with Gasteiger partial charge in [0.2, 0.25) is 0 Å². The van der Waals surface area contributed by atoms with Crippen molar-refractivity contribution in [2.45, 2.75) is 65.8 Å². The third kappa shape index (κ3) is 4.65. The summed E-state index contributed by atoms with van der Waals surface area (Å²) in [6, 6.07) is 0.443. The summed E-state index contributed by atoms with van der Waals surface area (Å²) < 4.78 is 4.15. The topological polar surface area (TPSA) is 37.8 Å². The van der Waals surface area contributed by atoms with Gasteiger partial charge in [-0.1, -0.05) is 51.4 Å². The lowest BCUT2D eigenvalue weighted by Gasteiger charge is -2.21. The molecule has 1 rings (SSSR count). The fraction of sp³-hybridized carbons (Fsp3) is 0.857. The Balaban J connectivity index is 2.73. The number of rotatable bonds is 9. The molecule has 0 spiro atoms. The van der Waals surface area contributed by atoms with Gasteiger partial charge in [0.1, 0.15) is 0 Å². The van der Waals surface area contributed by atoms with Gasteiger partial charge in [-0.15, -0.1) is 5.10 Å². The van der Waals surface area contributed by atoms with Crippen molar-refractivity contribution in [3.63, 3.8) is 0 Å². The molecule has 0 aromatic carbocycles. The third-order valence-electron chi connectivity index (χ3n) is 3.26. The molecule has 104 valence electrons. The van der Waals surface area contributed by atoms with Gasteiger partial charge in [-0.3, -0.25) is 0 Å². The molecular weight excluding hydrogens is 242 g/mol. The average molecular weight is 269 g/mol. The maximum atomic E-state index is 4.29. The van der Waals surface area contributed by atoms with Crippen molar-refractivity contribution in [3.05, 3.63) is 10.6 Å². The molecule has 2 atom stereocenters. The minimum absolute atomic E-state index is 0.443. The number of nitrogens with one attached hydrogen (secondary N) is 1. The van der Waals surface area contributed by atoms with Crippen molar-refractivity contribution in [2.75, 3.05) is 6.54 Å². The van der Waals surface area contributed by atoms with Gasteiger partial charge in [0.25, 0.3) is 0 Å². The fourth-order valence-corrected chi connectivity index (χ4v) is 3.22. The molecule has 1 aromatic rings. The van der Waals surface area contributed by atoms with Crippen LogP contribution in [-0.4, -0.2) is 16.1 Å². The maximum Gasteiger partial charge on any atom is 0.0803 e. The van der Waals surface area contributed by atoms with E-state index in [2.05, 4.69) is 42.6 Å². The first-order valence-corrected chi connectivity index (χ1v) is 8.04. The zero-order valence-electron chi connectivity index (χ0n) is 12.2. The number of hydrogen-bond donors (Lipinski definition) is 1. The minimum Gasteiger partial charge on any atom is -0.309 e. The van der Waals surface area contributed by atoms with Crippen molar-refractivity contribution in [1.82, 2.24) is 14.9 Å². The Labute approximate surface area is 116 Å². The van der Waals surface area contributed by atoms with Gasteiger partial charge in [-0.25, -0.2) is 0 Å². The van der Waals surface area contributed by atoms with Crippen LogP contribution in [0.2, 0.25) is 0 Å². The first-order valence-electron chi connectivity index (χ1n) is 7.27. The molecule has 0 fully saturated rings. The van der Waals surface area contributed by atoms with Crippen LogP contribution < -0.4 is 5.32 Å². The zero-order valence-corrected chi connectivity index (χ0v) is 13.0. The molecule has 0 aliphatic rings. The quantitative estimate of drug-likeness (QED) is 0.737. The Morgan fingerprint density at radius 3 is 2.61 bits per heavy atom. The Hall–Kier alpha value is -0.480. The first kappa shape index (κ1) is 15.6. The van der Waals surface area contributed by atoms with Crippen molar-refractivity contribution < 1.29 is 0 Å². The first-order chi connectivity index (χ1) is 8.72. The van der Waals surface area contributed by atoms with E-state index >= 15 is 0 Å². The molecule has 1 aromatic heterocycles. The maximum absolute atomic E-state index is 4.29. The van der Waals surface area contributed by atoms with Crippen molar-refractivity contribution in [3.8, 4) is 0 Å². The number of nitrogens with zero attached hydrogens (tertiary/aromatic N) is 2. The van der Waals surface area contributed by atoms with Gasteiger partial charge in [-0.2, -0.15) is 0 Å². The summed E-state index contributed by atoms with van der Waals surface area (Å²) in [6.07, 6.45) is 5.96. The number of aromatic nitrogens is 2. The molecule has 1 heterocycles. The third-order valence-corrected chi connectivity index (χ3v) is 4.14. The fourth-order valence-electron chi connectivity index (χ4n) is 2.43. The highest BCUT2D eigenvalue weighted by Gasteiger charge is 2.20. The van der Waals surface area contributed by atoms with Crippen LogP contribution in [0.25, 0.3) is 0 Å². The summed E-state index contributed by atoms with van der Waals surface area (Å²) >= 11 is 1.57. The molecule has 1 N–H and O–H groups in total. The molecule has 18 heavy (non-hydrogen) atoms. The molecule has 0 amide bonds. The summed E-state index contributed by atoms with van der Waals surface area (Å²) in [5.41, 5.74) is 1.21. The smallest absolute Gasteiger partial charge is 0.0803 e. The van der Waals surface area contributed by atoms with Gasteiger partial charge in [0.15, 0.2) is 0 Å². The van der Waals surface area contributed by atoms with E-state index in [9.17, 15) is 0 Å². The van der Waals surface area contributed by atoms with Gasteiger partial charge in [-0.05, 0) is 36.8 Å². The average Bonchev–Trinajstić information content (AvgIpc) is 2.77. The molecule has 0 saturated carbocycles. The second kappa shape index (κ2) is 8.59. The lowest BCUT2D eigenvalue weighted by atomic mass is 9.95. The largest absolute Gasteiger partial charge is 0.309 e. The lowest BCUT2D eigenvalue weighted by Crippen LogP contribution is -2.23. The molecular formula is C14H27N3S. The highest BCUT2D eigenvalue weighted by atomic mass is 32.1. The molecule has 0 aliphatic heterocycles. The lowest BCUT2D eigenvalue weighted by molar-refractivity contribution is 0.397. The van der Waals surface area contributed by atoms with Gasteiger partial charge in [0.05, 0.1) is 10.6 Å². The summed E-state index contributed by atoms with van der Waals surface area (Å²) in [5, 5.41) is 7.89. The van der Waals surface area contributed by atoms with Crippen molar-refractivity contribution in [1.29, 1.82) is 0 Å². The van der Waals surface area contributed by atoms with E-state index in [0.29, 0.717) is 6.04 Å². The van der Waals surface area contributed by atoms with Crippen LogP contribution in [0.15, 0.2) is 0 Å². The Kier molecular flexibility index (Phi) is 7.44. The zero-order chi connectivity index (χ0) is 13.4. The van der Waals surface area contributed by atoms with E-state index in [4.69, 9.17) is 0 Å². The Bertz CT molecular complexity index is 325. The molecule has 0 radical (unpaired) electrons. The SMILES string of the molecule is CCCc1nnsc1C(CC(C)CCC)NCC. The Morgan fingerprint density at radius 1 is 1.22 bits per heavy atom. The van der Waals surface area contributed by atoms with E-state index in [1.54, 1.807) is 11.5 Å². The van der Waals surface area contributed by atoms with Crippen LogP contribution >= 0.6 is 11.5 Å². The van der Waals surface area contributed by atoms with Crippen LogP contribution in [0.1, 0.15) is 70.0 Å². The van der Waals surface area contributed by atoms with E-state index in [0.717, 1.165) is 25.3 Å². The standard InChI is InChI=1S/C14H27N3S/c1-5-8-11(4)10-13(15-7-3)14-12(9-6-2)16-17-18-14/h11,13,15H,5-10H2,1-4H3. The molecule has 2 unspecified atom stereocenters. The summed E-state index contributed by atoms with van der Waals surface area (Å²) in [5.74, 6) is 0.760. The second-order valence-corrected chi connectivity index (χ2v) is 5.86. The van der Waals surface area contributed by atoms with Crippen LogP contribution in [-0.2, 0) is 6.42 Å². The van der Waals surface area contributed by atoms with Crippen molar-refractivity contribution in [2.24, 2.45) is 5.92 Å². The molecule has 0 saturated heterocycles. The van der Waals surface area contributed by atoms with E-state index in [1.165, 1.54) is 29.8 Å². The predicted octanol–water partition coefficient (Wildman–Crippen LogP) is 3.97. The monoisotopic (exact) mass is 269 g/mol. The molecule has 4 heteroatoms. The summed E-state index contributed by atoms with van der Waals surface area (Å²) in [7, 11) is 0. The van der Waals surface area contributed by atoms with E-state index < -0.39 is 0 Å². The van der Waals surface area contributed by atoms with E-state index in [-0.39, 0.29) is 0 Å². The molecule has 0 aliphatic carbocycles. The molecule has 0 bridgehead atoms. The molecule has 3 nitrogen and oxygen atoms in total. The summed E-state index contributed by atoms with van der Waals surface area (Å²) in [6.45, 7) is 9.99. The Morgan fingerprint density at radius 2 is 2.00 bits per heavy atom. The number of hydrogen-bond acceptors (Lipinski definition) is 4. The normalized spacial score (nSPS) is 14.7. The second-order valence-electron chi connectivity index (χ2n) is 5.07. The van der Waals surface area contributed by atoms with Gasteiger partial charge in [0, 0.05) is 6.04 Å². The van der Waals surface area contributed by atoms with E-state index in [1.807, 2.05) is 0 Å². The van der Waals surface area contributed by atoms with Crippen LogP contribution in [0.3, 0.4) is 0 Å². The van der Waals surface area contributed by atoms with Crippen LogP contribution in [0, 0.1) is 5.92 Å². The summed E-state index contributed by atoms with van der Waals surface area (Å²) in [4.78, 5) is 1.36. The predicted molar refractivity (Wildman–Crippen MR) is 79.0 cm³/mol. The van der Waals surface area contributed by atoms with Crippen molar-refractivity contribution >= 4 is 11.5 Å². The highest BCUT2D eigenvalue weighted by molar-refractivity contribution is 7.05. The van der Waals surface area contributed by atoms with Crippen LogP contribution in [0.4, 0.5) is 0 Å². The highest BCUT2D eigenvalue weighted by Crippen LogP contribution is 2.28. The minimum atomic E-state index is 0.443.